The molecule has 0 aliphatic rings. The van der Waals surface area contributed by atoms with Gasteiger partial charge in [-0.05, 0) is 25.0 Å². The summed E-state index contributed by atoms with van der Waals surface area (Å²) in [5.74, 6) is 0.490. The quantitative estimate of drug-likeness (QED) is 0.798. The van der Waals surface area contributed by atoms with E-state index in [2.05, 4.69) is 24.3 Å². The van der Waals surface area contributed by atoms with Gasteiger partial charge in [0.15, 0.2) is 0 Å². The highest BCUT2D eigenvalue weighted by atomic mass is 35.5. The van der Waals surface area contributed by atoms with Crippen molar-refractivity contribution in [2.24, 2.45) is 0 Å². The van der Waals surface area contributed by atoms with Crippen LogP contribution in [-0.4, -0.2) is 9.78 Å². The molecule has 1 heterocycles. The summed E-state index contributed by atoms with van der Waals surface area (Å²) < 4.78 is 1.96. The number of benzene rings is 1. The summed E-state index contributed by atoms with van der Waals surface area (Å²) in [5.41, 5.74) is 4.11. The molecule has 0 bridgehead atoms. The first kappa shape index (κ1) is 15.2. The number of para-hydroxylation sites is 1. The Morgan fingerprint density at radius 1 is 1.25 bits per heavy atom. The Morgan fingerprint density at radius 2 is 2.00 bits per heavy atom. The molecule has 2 aromatic rings. The van der Waals surface area contributed by atoms with E-state index in [1.165, 1.54) is 0 Å². The Bertz CT molecular complexity index is 578. The largest absolute Gasteiger partial charge is 0.379 e. The topological polar surface area (TPSA) is 29.9 Å². The zero-order valence-electron chi connectivity index (χ0n) is 11.8. The second-order valence-corrected chi connectivity index (χ2v) is 5.17. The number of aromatic nitrogens is 2. The molecule has 0 fully saturated rings. The SMILES string of the molecule is CCc1nn(CC)c(CNc2ccccc2CCl)c1Cl. The molecular weight excluding hydrogens is 293 g/mol. The standard InChI is InChI=1S/C15H19Cl2N3/c1-3-12-15(17)14(20(4-2)19-12)10-18-13-8-6-5-7-11(13)9-16/h5-8,18H,3-4,9-10H2,1-2H3. The van der Waals surface area contributed by atoms with Crippen LogP contribution in [0.1, 0.15) is 30.8 Å². The maximum Gasteiger partial charge on any atom is 0.0868 e. The predicted molar refractivity (Wildman–Crippen MR) is 85.6 cm³/mol. The maximum atomic E-state index is 6.40. The minimum absolute atomic E-state index is 0.490. The molecule has 0 unspecified atom stereocenters. The number of rotatable bonds is 6. The van der Waals surface area contributed by atoms with Crippen molar-refractivity contribution >= 4 is 28.9 Å². The molecule has 1 aromatic carbocycles. The first-order valence-electron chi connectivity index (χ1n) is 6.83. The van der Waals surface area contributed by atoms with Crippen LogP contribution in [0.2, 0.25) is 5.02 Å². The monoisotopic (exact) mass is 311 g/mol. The van der Waals surface area contributed by atoms with Gasteiger partial charge < -0.3 is 5.32 Å². The lowest BCUT2D eigenvalue weighted by molar-refractivity contribution is 0.619. The molecule has 0 saturated carbocycles. The molecule has 0 aliphatic carbocycles. The van der Waals surface area contributed by atoms with Crippen molar-refractivity contribution in [1.82, 2.24) is 9.78 Å². The van der Waals surface area contributed by atoms with Gasteiger partial charge in [0.25, 0.3) is 0 Å². The first-order valence-corrected chi connectivity index (χ1v) is 7.74. The van der Waals surface area contributed by atoms with Gasteiger partial charge in [-0.25, -0.2) is 0 Å². The minimum Gasteiger partial charge on any atom is -0.379 e. The molecular formula is C15H19Cl2N3. The summed E-state index contributed by atoms with van der Waals surface area (Å²) >= 11 is 12.3. The van der Waals surface area contributed by atoms with E-state index in [-0.39, 0.29) is 0 Å². The summed E-state index contributed by atoms with van der Waals surface area (Å²) in [5, 5.41) is 8.69. The number of halogens is 2. The summed E-state index contributed by atoms with van der Waals surface area (Å²) in [4.78, 5) is 0. The molecule has 0 radical (unpaired) electrons. The fraction of sp³-hybridized carbons (Fsp3) is 0.400. The second-order valence-electron chi connectivity index (χ2n) is 4.52. The third kappa shape index (κ3) is 3.10. The van der Waals surface area contributed by atoms with E-state index in [0.717, 1.165) is 40.6 Å². The summed E-state index contributed by atoms with van der Waals surface area (Å²) in [6, 6.07) is 8.03. The molecule has 5 heteroatoms. The summed E-state index contributed by atoms with van der Waals surface area (Å²) in [7, 11) is 0. The van der Waals surface area contributed by atoms with Gasteiger partial charge in [-0.3, -0.25) is 4.68 Å². The molecule has 0 amide bonds. The predicted octanol–water partition coefficient (Wildman–Crippen LogP) is 4.47. The number of aryl methyl sites for hydroxylation is 2. The van der Waals surface area contributed by atoms with Crippen LogP contribution in [0.5, 0.6) is 0 Å². The van der Waals surface area contributed by atoms with E-state index in [1.54, 1.807) is 0 Å². The molecule has 0 atom stereocenters. The fourth-order valence-corrected chi connectivity index (χ4v) is 2.74. The molecule has 2 rings (SSSR count). The van der Waals surface area contributed by atoms with Gasteiger partial charge in [0.1, 0.15) is 0 Å². The molecule has 0 spiro atoms. The van der Waals surface area contributed by atoms with Crippen LogP contribution >= 0.6 is 23.2 Å². The highest BCUT2D eigenvalue weighted by molar-refractivity contribution is 6.31. The van der Waals surface area contributed by atoms with Crippen molar-refractivity contribution in [1.29, 1.82) is 0 Å². The summed E-state index contributed by atoms with van der Waals surface area (Å²) in [6.45, 7) is 5.59. The van der Waals surface area contributed by atoms with Crippen LogP contribution in [0.15, 0.2) is 24.3 Å². The normalized spacial score (nSPS) is 10.8. The third-order valence-corrected chi connectivity index (χ3v) is 4.03. The van der Waals surface area contributed by atoms with Gasteiger partial charge in [-0.1, -0.05) is 36.7 Å². The zero-order valence-corrected chi connectivity index (χ0v) is 13.3. The number of nitrogens with zero attached hydrogens (tertiary/aromatic N) is 2. The van der Waals surface area contributed by atoms with E-state index < -0.39 is 0 Å². The van der Waals surface area contributed by atoms with E-state index in [4.69, 9.17) is 23.2 Å². The molecule has 1 N–H and O–H groups in total. The Morgan fingerprint density at radius 3 is 2.65 bits per heavy atom. The Kier molecular flexibility index (Phi) is 5.32. The average Bonchev–Trinajstić information content (AvgIpc) is 2.81. The average molecular weight is 312 g/mol. The lowest BCUT2D eigenvalue weighted by Gasteiger charge is -2.11. The Hall–Kier alpha value is -1.19. The minimum atomic E-state index is 0.490. The molecule has 20 heavy (non-hydrogen) atoms. The Balaban J connectivity index is 2.20. The van der Waals surface area contributed by atoms with Crippen molar-refractivity contribution < 1.29 is 0 Å². The van der Waals surface area contributed by atoms with Crippen LogP contribution in [0.4, 0.5) is 5.69 Å². The van der Waals surface area contributed by atoms with Crippen LogP contribution in [0.25, 0.3) is 0 Å². The molecule has 3 nitrogen and oxygen atoms in total. The van der Waals surface area contributed by atoms with Crippen LogP contribution < -0.4 is 5.32 Å². The highest BCUT2D eigenvalue weighted by Crippen LogP contribution is 2.24. The fourth-order valence-electron chi connectivity index (χ4n) is 2.17. The number of alkyl halides is 1. The Labute approximate surface area is 129 Å². The third-order valence-electron chi connectivity index (χ3n) is 3.30. The smallest absolute Gasteiger partial charge is 0.0868 e. The zero-order chi connectivity index (χ0) is 14.5. The van der Waals surface area contributed by atoms with E-state index >= 15 is 0 Å². The summed E-state index contributed by atoms with van der Waals surface area (Å²) in [6.07, 6.45) is 0.844. The lowest BCUT2D eigenvalue weighted by Crippen LogP contribution is -2.09. The number of nitrogens with one attached hydrogen (secondary N) is 1. The lowest BCUT2D eigenvalue weighted by atomic mass is 10.2. The molecule has 0 aliphatic heterocycles. The molecule has 108 valence electrons. The number of hydrogen-bond donors (Lipinski definition) is 1. The maximum absolute atomic E-state index is 6.40. The second kappa shape index (κ2) is 7.00. The highest BCUT2D eigenvalue weighted by Gasteiger charge is 2.14. The molecule has 0 saturated heterocycles. The van der Waals surface area contributed by atoms with E-state index in [1.807, 2.05) is 28.9 Å². The number of anilines is 1. The van der Waals surface area contributed by atoms with Gasteiger partial charge >= 0.3 is 0 Å². The van der Waals surface area contributed by atoms with E-state index in [0.29, 0.717) is 12.4 Å². The first-order chi connectivity index (χ1) is 9.71. The van der Waals surface area contributed by atoms with Gasteiger partial charge in [-0.15, -0.1) is 11.6 Å². The van der Waals surface area contributed by atoms with Crippen LogP contribution in [0.3, 0.4) is 0 Å². The van der Waals surface area contributed by atoms with Crippen molar-refractivity contribution in [2.45, 2.75) is 39.2 Å². The van der Waals surface area contributed by atoms with Crippen molar-refractivity contribution in [3.63, 3.8) is 0 Å². The van der Waals surface area contributed by atoms with Crippen LogP contribution in [-0.2, 0) is 25.4 Å². The van der Waals surface area contributed by atoms with E-state index in [9.17, 15) is 0 Å². The van der Waals surface area contributed by atoms with Crippen molar-refractivity contribution in [3.8, 4) is 0 Å². The van der Waals surface area contributed by atoms with Crippen LogP contribution in [0, 0.1) is 0 Å². The van der Waals surface area contributed by atoms with Gasteiger partial charge in [0.2, 0.25) is 0 Å². The van der Waals surface area contributed by atoms with Crippen molar-refractivity contribution in [3.05, 3.63) is 46.2 Å². The van der Waals surface area contributed by atoms with Gasteiger partial charge in [0.05, 0.1) is 23.0 Å². The van der Waals surface area contributed by atoms with Gasteiger partial charge in [-0.2, -0.15) is 5.10 Å². The molecule has 1 aromatic heterocycles. The number of hydrogen-bond acceptors (Lipinski definition) is 2. The van der Waals surface area contributed by atoms with Gasteiger partial charge in [0, 0.05) is 18.1 Å². The van der Waals surface area contributed by atoms with Crippen molar-refractivity contribution in [2.75, 3.05) is 5.32 Å².